The summed E-state index contributed by atoms with van der Waals surface area (Å²) in [6.45, 7) is 0. The third-order valence-corrected chi connectivity index (χ3v) is 6.25. The predicted octanol–water partition coefficient (Wildman–Crippen LogP) is 3.80. The number of carbonyl (C=O) groups is 1. The first-order valence-corrected chi connectivity index (χ1v) is 11.2. The monoisotopic (exact) mass is 412 g/mol. The van der Waals surface area contributed by atoms with E-state index in [9.17, 15) is 13.2 Å². The molecule has 0 unspecified atom stereocenters. The molecular formula is C21H20N2O3S2. The van der Waals surface area contributed by atoms with Gasteiger partial charge >= 0.3 is 0 Å². The van der Waals surface area contributed by atoms with E-state index in [1.165, 1.54) is 23.9 Å². The molecule has 3 N–H and O–H groups in total. The molecule has 144 valence electrons. The summed E-state index contributed by atoms with van der Waals surface area (Å²) >= 11 is 1.51. The molecule has 7 heteroatoms. The lowest BCUT2D eigenvalue weighted by Crippen LogP contribution is -2.16. The van der Waals surface area contributed by atoms with E-state index in [1.54, 1.807) is 12.1 Å². The molecule has 0 fully saturated rings. The molecule has 0 atom stereocenters. The van der Waals surface area contributed by atoms with Gasteiger partial charge < -0.3 is 5.32 Å². The highest BCUT2D eigenvalue weighted by Gasteiger charge is 2.16. The second-order valence-corrected chi connectivity index (χ2v) is 8.79. The summed E-state index contributed by atoms with van der Waals surface area (Å²) in [5, 5.41) is 7.89. The van der Waals surface area contributed by atoms with E-state index in [0.29, 0.717) is 5.69 Å². The Bertz CT molecular complexity index is 1000. The van der Waals surface area contributed by atoms with Gasteiger partial charge in [0.2, 0.25) is 15.9 Å². The lowest BCUT2D eigenvalue weighted by molar-refractivity contribution is -0.113. The van der Waals surface area contributed by atoms with Crippen LogP contribution in [-0.2, 0) is 14.8 Å². The number of hydrogen-bond donors (Lipinski definition) is 2. The van der Waals surface area contributed by atoms with Crippen LogP contribution in [0.3, 0.4) is 0 Å². The zero-order valence-corrected chi connectivity index (χ0v) is 16.6. The second kappa shape index (κ2) is 9.05. The Morgan fingerprint density at radius 1 is 0.893 bits per heavy atom. The van der Waals surface area contributed by atoms with Crippen molar-refractivity contribution in [2.45, 2.75) is 10.1 Å². The highest BCUT2D eigenvalue weighted by molar-refractivity contribution is 8.00. The average molecular weight is 413 g/mol. The number of primary sulfonamides is 1. The summed E-state index contributed by atoms with van der Waals surface area (Å²) in [6.07, 6.45) is 0. The molecule has 3 aromatic rings. The van der Waals surface area contributed by atoms with Crippen LogP contribution in [0.1, 0.15) is 16.4 Å². The van der Waals surface area contributed by atoms with Crippen LogP contribution in [0.2, 0.25) is 0 Å². The van der Waals surface area contributed by atoms with Crippen molar-refractivity contribution in [3.8, 4) is 0 Å². The maximum Gasteiger partial charge on any atom is 0.238 e. The van der Waals surface area contributed by atoms with Crippen molar-refractivity contribution in [1.29, 1.82) is 0 Å². The topological polar surface area (TPSA) is 89.3 Å². The van der Waals surface area contributed by atoms with Crippen molar-refractivity contribution < 1.29 is 13.2 Å². The Kier molecular flexibility index (Phi) is 6.51. The number of carbonyl (C=O) groups excluding carboxylic acids is 1. The number of anilines is 1. The molecule has 0 saturated carbocycles. The minimum atomic E-state index is -3.82. The normalized spacial score (nSPS) is 11.4. The first-order valence-electron chi connectivity index (χ1n) is 8.58. The van der Waals surface area contributed by atoms with E-state index in [2.05, 4.69) is 5.32 Å². The first kappa shape index (κ1) is 20.1. The molecule has 28 heavy (non-hydrogen) atoms. The van der Waals surface area contributed by atoms with Gasteiger partial charge in [0.05, 0.1) is 15.9 Å². The van der Waals surface area contributed by atoms with Crippen molar-refractivity contribution in [1.82, 2.24) is 0 Å². The first-order chi connectivity index (χ1) is 13.4. The maximum atomic E-state index is 12.4. The van der Waals surface area contributed by atoms with E-state index >= 15 is 0 Å². The van der Waals surface area contributed by atoms with E-state index in [-0.39, 0.29) is 21.8 Å². The van der Waals surface area contributed by atoms with Crippen molar-refractivity contribution in [3.63, 3.8) is 0 Å². The Hall–Kier alpha value is -2.61. The van der Waals surface area contributed by atoms with Crippen molar-refractivity contribution in [2.75, 3.05) is 11.1 Å². The van der Waals surface area contributed by atoms with E-state index < -0.39 is 10.0 Å². The van der Waals surface area contributed by atoms with Crippen molar-refractivity contribution in [2.24, 2.45) is 5.14 Å². The summed E-state index contributed by atoms with van der Waals surface area (Å²) in [5.74, 6) is 0.00191. The number of benzene rings is 3. The van der Waals surface area contributed by atoms with Gasteiger partial charge in [-0.1, -0.05) is 66.7 Å². The minimum absolute atomic E-state index is 0.0175. The molecule has 0 aromatic heterocycles. The van der Waals surface area contributed by atoms with Gasteiger partial charge in [0, 0.05) is 5.69 Å². The largest absolute Gasteiger partial charge is 0.325 e. The molecule has 0 saturated heterocycles. The number of hydrogen-bond acceptors (Lipinski definition) is 4. The number of amides is 1. The molecule has 0 aliphatic heterocycles. The molecule has 0 aliphatic rings. The summed E-state index contributed by atoms with van der Waals surface area (Å²) in [6, 6.07) is 25.9. The fourth-order valence-electron chi connectivity index (χ4n) is 2.75. The third-order valence-electron chi connectivity index (χ3n) is 4.03. The van der Waals surface area contributed by atoms with Gasteiger partial charge in [0.1, 0.15) is 0 Å². The fraction of sp³-hybridized carbons (Fsp3) is 0.0952. The van der Waals surface area contributed by atoms with Gasteiger partial charge in [0.15, 0.2) is 0 Å². The minimum Gasteiger partial charge on any atom is -0.325 e. The summed E-state index contributed by atoms with van der Waals surface area (Å²) in [7, 11) is -3.82. The van der Waals surface area contributed by atoms with Crippen LogP contribution in [-0.4, -0.2) is 20.1 Å². The fourth-order valence-corrected chi connectivity index (χ4v) is 4.40. The second-order valence-electron chi connectivity index (χ2n) is 6.13. The van der Waals surface area contributed by atoms with Crippen LogP contribution in [0.4, 0.5) is 5.69 Å². The zero-order chi connectivity index (χ0) is 20.0. The van der Waals surface area contributed by atoms with Crippen molar-refractivity contribution >= 4 is 33.4 Å². The molecule has 0 heterocycles. The Balaban J connectivity index is 1.71. The van der Waals surface area contributed by atoms with Gasteiger partial charge in [-0.15, -0.1) is 11.8 Å². The average Bonchev–Trinajstić information content (AvgIpc) is 2.69. The Labute approximate surface area is 169 Å². The van der Waals surface area contributed by atoms with Crippen LogP contribution in [0, 0.1) is 0 Å². The highest BCUT2D eigenvalue weighted by atomic mass is 32.2. The van der Waals surface area contributed by atoms with E-state index in [1.807, 2.05) is 60.7 Å². The van der Waals surface area contributed by atoms with Gasteiger partial charge in [-0.2, -0.15) is 0 Å². The van der Waals surface area contributed by atoms with Gasteiger partial charge in [-0.25, -0.2) is 13.6 Å². The Morgan fingerprint density at radius 2 is 1.46 bits per heavy atom. The van der Waals surface area contributed by atoms with E-state index in [4.69, 9.17) is 5.14 Å². The van der Waals surface area contributed by atoms with Crippen LogP contribution in [0.25, 0.3) is 0 Å². The number of sulfonamides is 1. The molecule has 0 bridgehead atoms. The molecular weight excluding hydrogens is 392 g/mol. The van der Waals surface area contributed by atoms with Gasteiger partial charge in [0.25, 0.3) is 0 Å². The Morgan fingerprint density at radius 3 is 2.00 bits per heavy atom. The molecule has 3 rings (SSSR count). The standard InChI is InChI=1S/C21H20N2O3S2/c22-28(25,26)19-13-7-12-18(14-19)23-20(24)15-27-21(16-8-3-1-4-9-16)17-10-5-2-6-11-17/h1-14,21H,15H2,(H,23,24)(H2,22,25,26). The van der Waals surface area contributed by atoms with Crippen LogP contribution >= 0.6 is 11.8 Å². The van der Waals surface area contributed by atoms with Crippen molar-refractivity contribution in [3.05, 3.63) is 96.1 Å². The molecule has 5 nitrogen and oxygen atoms in total. The summed E-state index contributed by atoms with van der Waals surface area (Å²) in [5.41, 5.74) is 2.62. The highest BCUT2D eigenvalue weighted by Crippen LogP contribution is 2.35. The van der Waals surface area contributed by atoms with Gasteiger partial charge in [-0.05, 0) is 29.3 Å². The maximum absolute atomic E-state index is 12.4. The summed E-state index contributed by atoms with van der Waals surface area (Å²) in [4.78, 5) is 12.4. The molecule has 0 radical (unpaired) electrons. The molecule has 0 aliphatic carbocycles. The molecule has 3 aromatic carbocycles. The number of nitrogens with two attached hydrogens (primary N) is 1. The lowest BCUT2D eigenvalue weighted by Gasteiger charge is -2.17. The third kappa shape index (κ3) is 5.45. The molecule has 1 amide bonds. The quantitative estimate of drug-likeness (QED) is 0.618. The summed E-state index contributed by atoms with van der Waals surface area (Å²) < 4.78 is 22.9. The van der Waals surface area contributed by atoms with Gasteiger partial charge in [-0.3, -0.25) is 4.79 Å². The SMILES string of the molecule is NS(=O)(=O)c1cccc(NC(=O)CSC(c2ccccc2)c2ccccc2)c1. The van der Waals surface area contributed by atoms with Crippen LogP contribution < -0.4 is 10.5 Å². The number of thioether (sulfide) groups is 1. The number of nitrogens with one attached hydrogen (secondary N) is 1. The zero-order valence-electron chi connectivity index (χ0n) is 15.0. The smallest absolute Gasteiger partial charge is 0.238 e. The number of rotatable bonds is 7. The van der Waals surface area contributed by atoms with E-state index in [0.717, 1.165) is 11.1 Å². The lowest BCUT2D eigenvalue weighted by atomic mass is 10.0. The predicted molar refractivity (Wildman–Crippen MR) is 114 cm³/mol. The van der Waals surface area contributed by atoms with Crippen LogP contribution in [0.15, 0.2) is 89.8 Å². The molecule has 0 spiro atoms. The van der Waals surface area contributed by atoms with Crippen LogP contribution in [0.5, 0.6) is 0 Å².